The Morgan fingerprint density at radius 3 is 2.10 bits per heavy atom. The second-order valence-corrected chi connectivity index (χ2v) is 7.18. The summed E-state index contributed by atoms with van der Waals surface area (Å²) in [6.07, 6.45) is 2.00. The topological polar surface area (TPSA) is 74.8 Å². The van der Waals surface area contributed by atoms with Crippen LogP contribution in [0.4, 0.5) is 0 Å². The Morgan fingerprint density at radius 1 is 1.07 bits per heavy atom. The number of nitrogens with zero attached hydrogens (tertiary/aromatic N) is 2. The van der Waals surface area contributed by atoms with Gasteiger partial charge >= 0.3 is 5.97 Å². The highest BCUT2D eigenvalue weighted by atomic mass is 35.5. The molecule has 6 heteroatoms. The van der Waals surface area contributed by atoms with E-state index >= 15 is 0 Å². The number of benzene rings is 2. The van der Waals surface area contributed by atoms with Gasteiger partial charge in [-0.15, -0.1) is 0 Å². The number of aromatic nitrogens is 2. The smallest absolute Gasteiger partial charge is 0.338 e. The highest BCUT2D eigenvalue weighted by molar-refractivity contribution is 6.33. The van der Waals surface area contributed by atoms with Crippen LogP contribution in [0.5, 0.6) is 0 Å². The molecule has 0 saturated carbocycles. The molecule has 2 aromatic carbocycles. The molecule has 0 aliphatic rings. The number of aromatic carboxylic acids is 1. The summed E-state index contributed by atoms with van der Waals surface area (Å²) in [5.74, 6) is -1.12. The van der Waals surface area contributed by atoms with E-state index < -0.39 is 11.6 Å². The highest BCUT2D eigenvalue weighted by Gasteiger charge is 2.38. The van der Waals surface area contributed by atoms with Gasteiger partial charge in [0.05, 0.1) is 10.6 Å². The molecule has 0 bridgehead atoms. The fourth-order valence-electron chi connectivity index (χ4n) is 3.70. The zero-order chi connectivity index (χ0) is 20.6. The minimum atomic E-state index is -1.50. The number of hydrogen-bond acceptors (Lipinski definition) is 3. The maximum absolute atomic E-state index is 12.1. The Hall–Kier alpha value is -3.15. The SMILES string of the molecule is CCc1c(C(O)(c2ccccc2)c2ccccc2)nc2cc(Cl)c(C(=O)O)cn12. The van der Waals surface area contributed by atoms with Gasteiger partial charge in [-0.1, -0.05) is 79.2 Å². The summed E-state index contributed by atoms with van der Waals surface area (Å²) >= 11 is 6.15. The molecule has 5 nitrogen and oxygen atoms in total. The van der Waals surface area contributed by atoms with E-state index in [-0.39, 0.29) is 10.6 Å². The van der Waals surface area contributed by atoms with Gasteiger partial charge in [0.1, 0.15) is 11.3 Å². The number of carboxylic acid groups (broad SMARTS) is 1. The number of halogens is 1. The van der Waals surface area contributed by atoms with Crippen molar-refractivity contribution in [2.24, 2.45) is 0 Å². The van der Waals surface area contributed by atoms with Gasteiger partial charge < -0.3 is 14.6 Å². The first kappa shape index (κ1) is 19.2. The number of fused-ring (bicyclic) bond motifs is 1. The van der Waals surface area contributed by atoms with Gasteiger partial charge in [0.15, 0.2) is 5.60 Å². The third-order valence-electron chi connectivity index (χ3n) is 5.10. The molecule has 4 rings (SSSR count). The lowest BCUT2D eigenvalue weighted by atomic mass is 9.82. The maximum Gasteiger partial charge on any atom is 0.338 e. The van der Waals surface area contributed by atoms with Gasteiger partial charge in [-0.3, -0.25) is 0 Å². The van der Waals surface area contributed by atoms with Crippen LogP contribution in [0.25, 0.3) is 5.65 Å². The van der Waals surface area contributed by atoms with Crippen LogP contribution in [0, 0.1) is 0 Å². The molecule has 0 unspecified atom stereocenters. The second kappa shape index (κ2) is 7.35. The molecule has 2 heterocycles. The molecule has 0 saturated heterocycles. The molecule has 0 spiro atoms. The standard InChI is InChI=1S/C23H19ClN2O3/c1-2-19-21(25-20-13-18(24)17(22(27)28)14-26(19)20)23(29,15-9-5-3-6-10-15)16-11-7-4-8-12-16/h3-14,29H,2H2,1H3,(H,27,28). The molecular formula is C23H19ClN2O3. The summed E-state index contributed by atoms with van der Waals surface area (Å²) in [7, 11) is 0. The molecule has 0 amide bonds. The van der Waals surface area contributed by atoms with E-state index in [0.29, 0.717) is 28.9 Å². The highest BCUT2D eigenvalue weighted by Crippen LogP contribution is 2.38. The second-order valence-electron chi connectivity index (χ2n) is 6.77. The lowest BCUT2D eigenvalue weighted by Gasteiger charge is -2.29. The van der Waals surface area contributed by atoms with Crippen molar-refractivity contribution >= 4 is 23.2 Å². The summed E-state index contributed by atoms with van der Waals surface area (Å²) in [5, 5.41) is 21.6. The summed E-state index contributed by atoms with van der Waals surface area (Å²) in [4.78, 5) is 16.2. The lowest BCUT2D eigenvalue weighted by Crippen LogP contribution is -2.30. The van der Waals surface area contributed by atoms with Crippen LogP contribution in [-0.2, 0) is 12.0 Å². The predicted molar refractivity (Wildman–Crippen MR) is 112 cm³/mol. The number of imidazole rings is 1. The Kier molecular flexibility index (Phi) is 4.86. The quantitative estimate of drug-likeness (QED) is 0.510. The lowest BCUT2D eigenvalue weighted by molar-refractivity contribution is 0.0696. The molecule has 29 heavy (non-hydrogen) atoms. The largest absolute Gasteiger partial charge is 0.478 e. The molecule has 146 valence electrons. The Morgan fingerprint density at radius 2 is 1.62 bits per heavy atom. The van der Waals surface area contributed by atoms with Crippen molar-refractivity contribution < 1.29 is 15.0 Å². The van der Waals surface area contributed by atoms with Gasteiger partial charge in [-0.05, 0) is 17.5 Å². The first-order chi connectivity index (χ1) is 14.0. The minimum absolute atomic E-state index is 0.0132. The van der Waals surface area contributed by atoms with Crippen LogP contribution in [0.3, 0.4) is 0 Å². The molecule has 0 radical (unpaired) electrons. The normalized spacial score (nSPS) is 11.7. The summed E-state index contributed by atoms with van der Waals surface area (Å²) in [5.41, 5.74) is 1.49. The Bertz CT molecular complexity index is 1150. The number of carbonyl (C=O) groups is 1. The van der Waals surface area contributed by atoms with E-state index in [1.807, 2.05) is 67.6 Å². The van der Waals surface area contributed by atoms with Gasteiger partial charge in [-0.25, -0.2) is 9.78 Å². The minimum Gasteiger partial charge on any atom is -0.478 e. The number of hydrogen-bond donors (Lipinski definition) is 2. The van der Waals surface area contributed by atoms with Crippen LogP contribution in [-0.4, -0.2) is 25.6 Å². The fraction of sp³-hybridized carbons (Fsp3) is 0.130. The summed E-state index contributed by atoms with van der Waals surface area (Å²) in [6, 6.07) is 20.2. The number of aliphatic hydroxyl groups is 1. The van der Waals surface area contributed by atoms with Crippen molar-refractivity contribution in [1.29, 1.82) is 0 Å². The molecule has 2 aromatic heterocycles. The van der Waals surface area contributed by atoms with Gasteiger partial charge in [0.25, 0.3) is 0 Å². The number of aryl methyl sites for hydroxylation is 1. The fourth-order valence-corrected chi connectivity index (χ4v) is 3.92. The molecule has 2 N–H and O–H groups in total. The van der Waals surface area contributed by atoms with E-state index in [1.165, 1.54) is 12.3 Å². The first-order valence-electron chi connectivity index (χ1n) is 9.24. The van der Waals surface area contributed by atoms with Crippen LogP contribution in [0.1, 0.15) is 39.8 Å². The number of rotatable bonds is 5. The summed E-state index contributed by atoms with van der Waals surface area (Å²) in [6.45, 7) is 1.94. The third kappa shape index (κ3) is 3.09. The van der Waals surface area contributed by atoms with Gasteiger partial charge in [0.2, 0.25) is 0 Å². The summed E-state index contributed by atoms with van der Waals surface area (Å²) < 4.78 is 1.70. The van der Waals surface area contributed by atoms with Crippen molar-refractivity contribution in [3.05, 3.63) is 106 Å². The molecule has 4 aromatic rings. The molecule has 0 aliphatic carbocycles. The van der Waals surface area contributed by atoms with Crippen LogP contribution in [0.15, 0.2) is 72.9 Å². The maximum atomic E-state index is 12.1. The van der Waals surface area contributed by atoms with Crippen molar-refractivity contribution in [3.8, 4) is 0 Å². The zero-order valence-electron chi connectivity index (χ0n) is 15.7. The number of pyridine rings is 1. The van der Waals surface area contributed by atoms with E-state index in [1.54, 1.807) is 4.40 Å². The monoisotopic (exact) mass is 406 g/mol. The zero-order valence-corrected chi connectivity index (χ0v) is 16.5. The van der Waals surface area contributed by atoms with Crippen molar-refractivity contribution in [2.75, 3.05) is 0 Å². The predicted octanol–water partition coefficient (Wildman–Crippen LogP) is 4.53. The van der Waals surface area contributed by atoms with Crippen molar-refractivity contribution in [1.82, 2.24) is 9.38 Å². The van der Waals surface area contributed by atoms with E-state index in [4.69, 9.17) is 16.6 Å². The molecule has 0 atom stereocenters. The molecular weight excluding hydrogens is 388 g/mol. The Labute approximate surface area is 172 Å². The van der Waals surface area contributed by atoms with Gasteiger partial charge in [0, 0.05) is 18.0 Å². The van der Waals surface area contributed by atoms with E-state index in [0.717, 1.165) is 5.69 Å². The first-order valence-corrected chi connectivity index (χ1v) is 9.62. The number of carboxylic acids is 1. The van der Waals surface area contributed by atoms with Gasteiger partial charge in [-0.2, -0.15) is 0 Å². The van der Waals surface area contributed by atoms with E-state index in [2.05, 4.69) is 0 Å². The molecule has 0 fully saturated rings. The average molecular weight is 407 g/mol. The Balaban J connectivity index is 2.07. The average Bonchev–Trinajstić information content (AvgIpc) is 3.11. The van der Waals surface area contributed by atoms with Crippen LogP contribution >= 0.6 is 11.6 Å². The third-order valence-corrected chi connectivity index (χ3v) is 5.41. The van der Waals surface area contributed by atoms with Crippen molar-refractivity contribution in [2.45, 2.75) is 18.9 Å². The molecule has 0 aliphatic heterocycles. The van der Waals surface area contributed by atoms with Crippen LogP contribution < -0.4 is 0 Å². The van der Waals surface area contributed by atoms with E-state index in [9.17, 15) is 15.0 Å². The van der Waals surface area contributed by atoms with Crippen molar-refractivity contribution in [3.63, 3.8) is 0 Å². The van der Waals surface area contributed by atoms with Crippen LogP contribution in [0.2, 0.25) is 5.02 Å².